The predicted octanol–water partition coefficient (Wildman–Crippen LogP) is -1.20. The number of amides is 2. The first-order chi connectivity index (χ1) is 9.16. The molecule has 0 spiro atoms. The lowest BCUT2D eigenvalue weighted by molar-refractivity contribution is -0.128. The minimum Gasteiger partial charge on any atom is -0.447 e. The van der Waals surface area contributed by atoms with Gasteiger partial charge in [-0.2, -0.15) is 0 Å². The van der Waals surface area contributed by atoms with Crippen LogP contribution in [0.2, 0.25) is 0 Å². The molecule has 108 valence electrons. The zero-order valence-corrected chi connectivity index (χ0v) is 11.4. The maximum absolute atomic E-state index is 11.9. The predicted molar refractivity (Wildman–Crippen MR) is 69.9 cm³/mol. The number of ether oxygens (including phenoxy) is 1. The smallest absolute Gasteiger partial charge is 0.416 e. The van der Waals surface area contributed by atoms with E-state index in [9.17, 15) is 9.59 Å². The third-order valence-corrected chi connectivity index (χ3v) is 3.47. The maximum Gasteiger partial charge on any atom is 0.416 e. The second-order valence-corrected chi connectivity index (χ2v) is 4.99. The minimum atomic E-state index is -0.513. The van der Waals surface area contributed by atoms with Crippen LogP contribution in [0, 0.1) is 0 Å². The first kappa shape index (κ1) is 14.2. The van der Waals surface area contributed by atoms with Gasteiger partial charge in [-0.05, 0) is 7.05 Å². The summed E-state index contributed by atoms with van der Waals surface area (Å²) in [6.45, 7) is 6.91. The molecule has 0 aromatic rings. The quantitative estimate of drug-likeness (QED) is 0.677. The number of carbonyl (C=O) groups excluding carboxylic acids is 2. The first-order valence-corrected chi connectivity index (χ1v) is 6.75. The highest BCUT2D eigenvalue weighted by Crippen LogP contribution is 2.04. The van der Waals surface area contributed by atoms with E-state index in [2.05, 4.69) is 10.2 Å². The lowest BCUT2D eigenvalue weighted by Gasteiger charge is -2.29. The average Bonchev–Trinajstić information content (AvgIpc) is 2.84. The number of carbonyl (C=O) groups is 2. The normalized spacial score (nSPS) is 20.9. The Balaban J connectivity index is 1.67. The molecule has 0 aromatic carbocycles. The zero-order chi connectivity index (χ0) is 13.7. The van der Waals surface area contributed by atoms with E-state index in [-0.39, 0.29) is 12.5 Å². The molecular formula is C12H22N4O3. The van der Waals surface area contributed by atoms with Gasteiger partial charge < -0.3 is 10.1 Å². The van der Waals surface area contributed by atoms with E-state index >= 15 is 0 Å². The van der Waals surface area contributed by atoms with Gasteiger partial charge >= 0.3 is 6.09 Å². The molecule has 0 aliphatic carbocycles. The van der Waals surface area contributed by atoms with Gasteiger partial charge in [0.05, 0.1) is 13.1 Å². The number of likely N-dealkylation sites (N-methyl/N-ethyl adjacent to an activating group) is 1. The third-order valence-electron chi connectivity index (χ3n) is 3.47. The second-order valence-electron chi connectivity index (χ2n) is 4.99. The van der Waals surface area contributed by atoms with Crippen LogP contribution in [0.4, 0.5) is 4.79 Å². The Hall–Kier alpha value is -1.18. The van der Waals surface area contributed by atoms with E-state index in [1.54, 1.807) is 0 Å². The van der Waals surface area contributed by atoms with Gasteiger partial charge in [0.2, 0.25) is 5.91 Å². The Morgan fingerprint density at radius 2 is 2.11 bits per heavy atom. The van der Waals surface area contributed by atoms with Crippen LogP contribution in [-0.2, 0) is 9.53 Å². The topological polar surface area (TPSA) is 65.1 Å². The van der Waals surface area contributed by atoms with E-state index in [1.807, 2.05) is 11.9 Å². The molecule has 0 unspecified atom stereocenters. The molecule has 0 bridgehead atoms. The van der Waals surface area contributed by atoms with Crippen LogP contribution >= 0.6 is 0 Å². The highest BCUT2D eigenvalue weighted by atomic mass is 16.6. The Labute approximate surface area is 113 Å². The lowest BCUT2D eigenvalue weighted by atomic mass is 10.3. The fourth-order valence-corrected chi connectivity index (χ4v) is 2.26. The molecule has 0 atom stereocenters. The summed E-state index contributed by atoms with van der Waals surface area (Å²) >= 11 is 0. The van der Waals surface area contributed by atoms with Gasteiger partial charge in [-0.1, -0.05) is 0 Å². The van der Waals surface area contributed by atoms with Crippen molar-refractivity contribution in [2.24, 2.45) is 0 Å². The molecule has 2 aliphatic heterocycles. The van der Waals surface area contributed by atoms with Crippen LogP contribution in [0.3, 0.4) is 0 Å². The van der Waals surface area contributed by atoms with Crippen molar-refractivity contribution in [3.63, 3.8) is 0 Å². The van der Waals surface area contributed by atoms with Crippen molar-refractivity contribution >= 4 is 12.0 Å². The third kappa shape index (κ3) is 4.15. The summed E-state index contributed by atoms with van der Waals surface area (Å²) in [5, 5.41) is 3.31. The highest BCUT2D eigenvalue weighted by molar-refractivity contribution is 5.93. The monoisotopic (exact) mass is 270 g/mol. The number of cyclic esters (lactones) is 1. The molecule has 1 N–H and O–H groups in total. The van der Waals surface area contributed by atoms with Crippen molar-refractivity contribution in [1.82, 2.24) is 20.0 Å². The molecule has 0 aromatic heterocycles. The number of nitrogens with one attached hydrogen (secondary N) is 1. The Bertz CT molecular complexity index is 331. The summed E-state index contributed by atoms with van der Waals surface area (Å²) in [4.78, 5) is 28.6. The van der Waals surface area contributed by atoms with Crippen molar-refractivity contribution in [3.05, 3.63) is 0 Å². The fourth-order valence-electron chi connectivity index (χ4n) is 2.26. The van der Waals surface area contributed by atoms with E-state index in [0.717, 1.165) is 39.3 Å². The van der Waals surface area contributed by atoms with Gasteiger partial charge in [0, 0.05) is 39.3 Å². The number of imide groups is 1. The Morgan fingerprint density at radius 3 is 2.74 bits per heavy atom. The second kappa shape index (κ2) is 6.83. The molecule has 0 saturated carbocycles. The number of piperazine rings is 1. The lowest BCUT2D eigenvalue weighted by Crippen LogP contribution is -2.47. The molecule has 2 fully saturated rings. The summed E-state index contributed by atoms with van der Waals surface area (Å²) in [7, 11) is 1.90. The Kier molecular flexibility index (Phi) is 5.12. The van der Waals surface area contributed by atoms with Crippen molar-refractivity contribution in [2.45, 2.75) is 0 Å². The summed E-state index contributed by atoms with van der Waals surface area (Å²) < 4.78 is 4.76. The van der Waals surface area contributed by atoms with Crippen molar-refractivity contribution in [1.29, 1.82) is 0 Å². The molecule has 19 heavy (non-hydrogen) atoms. The summed E-state index contributed by atoms with van der Waals surface area (Å²) in [6, 6.07) is 0. The van der Waals surface area contributed by atoms with E-state index in [0.29, 0.717) is 13.2 Å². The van der Waals surface area contributed by atoms with Gasteiger partial charge in [-0.3, -0.25) is 14.6 Å². The van der Waals surface area contributed by atoms with E-state index in [4.69, 9.17) is 4.74 Å². The minimum absolute atomic E-state index is 0.176. The number of rotatable bonds is 5. The SMILES string of the molecule is CN(CCN1CCNCC1)CC(=O)N1CCOC1=O. The molecule has 0 radical (unpaired) electrons. The number of hydrogen-bond donors (Lipinski definition) is 1. The van der Waals surface area contributed by atoms with Crippen LogP contribution in [0.5, 0.6) is 0 Å². The van der Waals surface area contributed by atoms with Gasteiger partial charge in [0.1, 0.15) is 6.61 Å². The van der Waals surface area contributed by atoms with Crippen LogP contribution in [0.25, 0.3) is 0 Å². The standard InChI is InChI=1S/C12H22N4O3/c1-14(6-7-15-4-2-13-3-5-15)10-11(17)16-8-9-19-12(16)18/h13H,2-10H2,1H3. The van der Waals surface area contributed by atoms with E-state index in [1.165, 1.54) is 4.90 Å². The van der Waals surface area contributed by atoms with Gasteiger partial charge in [0.15, 0.2) is 0 Å². The summed E-state index contributed by atoms with van der Waals surface area (Å²) in [5.74, 6) is -0.176. The summed E-state index contributed by atoms with van der Waals surface area (Å²) in [5.41, 5.74) is 0. The molecule has 2 saturated heterocycles. The van der Waals surface area contributed by atoms with Gasteiger partial charge in [-0.15, -0.1) is 0 Å². The number of hydrogen-bond acceptors (Lipinski definition) is 6. The molecule has 2 amide bonds. The summed E-state index contributed by atoms with van der Waals surface area (Å²) in [6.07, 6.45) is -0.513. The van der Waals surface area contributed by atoms with Gasteiger partial charge in [-0.25, -0.2) is 9.69 Å². The molecule has 2 aliphatic rings. The molecule has 2 rings (SSSR count). The van der Waals surface area contributed by atoms with Crippen molar-refractivity contribution in [2.75, 3.05) is 66.0 Å². The molecule has 2 heterocycles. The maximum atomic E-state index is 11.9. The highest BCUT2D eigenvalue weighted by Gasteiger charge is 2.28. The average molecular weight is 270 g/mol. The fraction of sp³-hybridized carbons (Fsp3) is 0.833. The first-order valence-electron chi connectivity index (χ1n) is 6.75. The molecule has 7 heteroatoms. The van der Waals surface area contributed by atoms with Gasteiger partial charge in [0.25, 0.3) is 0 Å². The Morgan fingerprint density at radius 1 is 1.37 bits per heavy atom. The van der Waals surface area contributed by atoms with Crippen LogP contribution < -0.4 is 5.32 Å². The molecule has 7 nitrogen and oxygen atoms in total. The largest absolute Gasteiger partial charge is 0.447 e. The van der Waals surface area contributed by atoms with Crippen LogP contribution in [0.15, 0.2) is 0 Å². The van der Waals surface area contributed by atoms with Crippen molar-refractivity contribution < 1.29 is 14.3 Å². The van der Waals surface area contributed by atoms with Crippen molar-refractivity contribution in [3.8, 4) is 0 Å². The van der Waals surface area contributed by atoms with E-state index < -0.39 is 6.09 Å². The number of nitrogens with zero attached hydrogens (tertiary/aromatic N) is 3. The zero-order valence-electron chi connectivity index (χ0n) is 11.4. The van der Waals surface area contributed by atoms with Crippen LogP contribution in [0.1, 0.15) is 0 Å². The van der Waals surface area contributed by atoms with Crippen LogP contribution in [-0.4, -0.2) is 92.7 Å². The molecular weight excluding hydrogens is 248 g/mol.